The molecule has 136 valence electrons. The van der Waals surface area contributed by atoms with Crippen LogP contribution in [0.3, 0.4) is 0 Å². The maximum Gasteiger partial charge on any atom is 0.262 e. The normalized spacial score (nSPS) is 17.5. The number of phenolic OH excluding ortho intramolecular Hbond substituents is 1. The molecule has 7 heteroatoms. The molecule has 0 aliphatic carbocycles. The maximum absolute atomic E-state index is 13.1. The number of aromatic hydroxyl groups is 1. The molecular formula is C20H17N3O4. The molecule has 2 amide bonds. The maximum atomic E-state index is 13.1. The summed E-state index contributed by atoms with van der Waals surface area (Å²) < 4.78 is 1.38. The summed E-state index contributed by atoms with van der Waals surface area (Å²) in [5, 5.41) is 9.88. The molecule has 0 radical (unpaired) electrons. The number of amides is 2. The number of anilines is 1. The van der Waals surface area contributed by atoms with Crippen LogP contribution in [0, 0.1) is 6.92 Å². The van der Waals surface area contributed by atoms with Gasteiger partial charge >= 0.3 is 0 Å². The Hall–Kier alpha value is -3.48. The van der Waals surface area contributed by atoms with Crippen LogP contribution < -0.4 is 10.5 Å². The molecule has 1 aliphatic heterocycles. The highest BCUT2D eigenvalue weighted by molar-refractivity contribution is 6.17. The standard InChI is InChI=1S/C20H17N3O4/c1-12-21-16-5-3-2-4-15(16)19(26)22(12)17-10-11-18(25)23(20(17)27)13-6-8-14(24)9-7-13/h2-9,17,24H,10-11H2,1H3. The van der Waals surface area contributed by atoms with Crippen molar-refractivity contribution >= 4 is 28.4 Å². The number of carbonyl (C=O) groups excluding carboxylic acids is 2. The molecular weight excluding hydrogens is 346 g/mol. The SMILES string of the molecule is Cc1nc2ccccc2c(=O)n1C1CCC(=O)N(c2ccc(O)cc2)C1=O. The number of rotatable bonds is 2. The molecule has 7 nitrogen and oxygen atoms in total. The molecule has 2 heterocycles. The van der Waals surface area contributed by atoms with Gasteiger partial charge in [0.1, 0.15) is 17.6 Å². The zero-order valence-corrected chi connectivity index (χ0v) is 14.6. The van der Waals surface area contributed by atoms with E-state index < -0.39 is 11.9 Å². The molecule has 4 rings (SSSR count). The Kier molecular flexibility index (Phi) is 3.99. The van der Waals surface area contributed by atoms with E-state index >= 15 is 0 Å². The van der Waals surface area contributed by atoms with Gasteiger partial charge in [0.15, 0.2) is 0 Å². The number of aromatic nitrogens is 2. The average Bonchev–Trinajstić information content (AvgIpc) is 2.65. The van der Waals surface area contributed by atoms with Gasteiger partial charge in [0.25, 0.3) is 11.5 Å². The van der Waals surface area contributed by atoms with E-state index in [-0.39, 0.29) is 30.1 Å². The first-order chi connectivity index (χ1) is 13.0. The smallest absolute Gasteiger partial charge is 0.262 e. The Morgan fingerprint density at radius 3 is 2.48 bits per heavy atom. The first-order valence-electron chi connectivity index (χ1n) is 8.61. The lowest BCUT2D eigenvalue weighted by Gasteiger charge is -2.32. The van der Waals surface area contributed by atoms with Crippen molar-refractivity contribution in [1.82, 2.24) is 9.55 Å². The fourth-order valence-electron chi connectivity index (χ4n) is 3.50. The summed E-state index contributed by atoms with van der Waals surface area (Å²) in [6.07, 6.45) is 0.378. The number of hydrogen-bond donors (Lipinski definition) is 1. The lowest BCUT2D eigenvalue weighted by Crippen LogP contribution is -2.48. The van der Waals surface area contributed by atoms with Crippen molar-refractivity contribution < 1.29 is 14.7 Å². The van der Waals surface area contributed by atoms with E-state index in [1.54, 1.807) is 31.2 Å². The average molecular weight is 363 g/mol. The summed E-state index contributed by atoms with van der Waals surface area (Å²) in [6, 6.07) is 12.0. The predicted molar refractivity (Wildman–Crippen MR) is 99.6 cm³/mol. The van der Waals surface area contributed by atoms with Gasteiger partial charge in [-0.25, -0.2) is 9.88 Å². The van der Waals surface area contributed by atoms with E-state index in [9.17, 15) is 19.5 Å². The number of aryl methyl sites for hydroxylation is 1. The molecule has 1 N–H and O–H groups in total. The summed E-state index contributed by atoms with van der Waals surface area (Å²) in [4.78, 5) is 44.0. The number of phenols is 1. The van der Waals surface area contributed by atoms with Gasteiger partial charge < -0.3 is 5.11 Å². The molecule has 0 spiro atoms. The first kappa shape index (κ1) is 17.0. The fraction of sp³-hybridized carbons (Fsp3) is 0.200. The Labute approximate surface area is 154 Å². The number of fused-ring (bicyclic) bond motifs is 1. The minimum absolute atomic E-state index is 0.0398. The Bertz CT molecular complexity index is 1120. The van der Waals surface area contributed by atoms with Gasteiger partial charge in [-0.15, -0.1) is 0 Å². The number of hydrogen-bond acceptors (Lipinski definition) is 5. The third-order valence-corrected chi connectivity index (χ3v) is 4.79. The molecule has 2 aromatic carbocycles. The van der Waals surface area contributed by atoms with Gasteiger partial charge in [-0.1, -0.05) is 12.1 Å². The molecule has 1 aliphatic rings. The van der Waals surface area contributed by atoms with Crippen molar-refractivity contribution in [2.24, 2.45) is 0 Å². The zero-order chi connectivity index (χ0) is 19.1. The second-order valence-electron chi connectivity index (χ2n) is 6.49. The van der Waals surface area contributed by atoms with Crippen molar-refractivity contribution in [1.29, 1.82) is 0 Å². The van der Waals surface area contributed by atoms with E-state index in [4.69, 9.17) is 0 Å². The van der Waals surface area contributed by atoms with Crippen LogP contribution in [0.2, 0.25) is 0 Å². The topological polar surface area (TPSA) is 92.5 Å². The summed E-state index contributed by atoms with van der Waals surface area (Å²) in [7, 11) is 0. The Morgan fingerprint density at radius 1 is 1.04 bits per heavy atom. The summed E-state index contributed by atoms with van der Waals surface area (Å²) in [6.45, 7) is 1.68. The van der Waals surface area contributed by atoms with Crippen LogP contribution in [0.5, 0.6) is 5.75 Å². The Morgan fingerprint density at radius 2 is 1.74 bits per heavy atom. The van der Waals surface area contributed by atoms with Gasteiger partial charge in [-0.05, 0) is 49.7 Å². The van der Waals surface area contributed by atoms with Gasteiger partial charge in [-0.2, -0.15) is 0 Å². The minimum Gasteiger partial charge on any atom is -0.508 e. The van der Waals surface area contributed by atoms with Crippen LogP contribution in [0.15, 0.2) is 53.3 Å². The van der Waals surface area contributed by atoms with Gasteiger partial charge in [0, 0.05) is 6.42 Å². The van der Waals surface area contributed by atoms with E-state index in [0.717, 1.165) is 4.90 Å². The number of benzene rings is 2. The van der Waals surface area contributed by atoms with Crippen LogP contribution in [0.4, 0.5) is 5.69 Å². The molecule has 3 aromatic rings. The number of carbonyl (C=O) groups is 2. The number of para-hydroxylation sites is 1. The quantitative estimate of drug-likeness (QED) is 0.705. The van der Waals surface area contributed by atoms with Crippen molar-refractivity contribution in [3.05, 3.63) is 64.7 Å². The van der Waals surface area contributed by atoms with E-state index in [1.807, 2.05) is 0 Å². The number of nitrogens with zero attached hydrogens (tertiary/aromatic N) is 3. The van der Waals surface area contributed by atoms with Crippen molar-refractivity contribution in [3.8, 4) is 5.75 Å². The molecule has 1 fully saturated rings. The molecule has 1 aromatic heterocycles. The second kappa shape index (κ2) is 6.35. The molecule has 0 saturated carbocycles. The monoisotopic (exact) mass is 363 g/mol. The number of piperidine rings is 1. The van der Waals surface area contributed by atoms with Crippen LogP contribution in [-0.2, 0) is 9.59 Å². The molecule has 27 heavy (non-hydrogen) atoms. The van der Waals surface area contributed by atoms with Crippen LogP contribution in [0.25, 0.3) is 10.9 Å². The van der Waals surface area contributed by atoms with Crippen LogP contribution >= 0.6 is 0 Å². The molecule has 1 unspecified atom stereocenters. The van der Waals surface area contributed by atoms with Crippen LogP contribution in [0.1, 0.15) is 24.7 Å². The van der Waals surface area contributed by atoms with Crippen molar-refractivity contribution in [2.45, 2.75) is 25.8 Å². The first-order valence-corrected chi connectivity index (χ1v) is 8.61. The Balaban J connectivity index is 1.82. The van der Waals surface area contributed by atoms with E-state index in [2.05, 4.69) is 4.98 Å². The highest BCUT2D eigenvalue weighted by Gasteiger charge is 2.37. The molecule has 1 saturated heterocycles. The summed E-state index contributed by atoms with van der Waals surface area (Å²) >= 11 is 0. The lowest BCUT2D eigenvalue weighted by atomic mass is 10.0. The summed E-state index contributed by atoms with van der Waals surface area (Å²) in [5.74, 6) is -0.337. The molecule has 1 atom stereocenters. The largest absolute Gasteiger partial charge is 0.508 e. The third-order valence-electron chi connectivity index (χ3n) is 4.79. The summed E-state index contributed by atoms with van der Waals surface area (Å²) in [5.41, 5.74) is 0.648. The van der Waals surface area contributed by atoms with Gasteiger partial charge in [0.2, 0.25) is 5.91 Å². The lowest BCUT2D eigenvalue weighted by molar-refractivity contribution is -0.131. The highest BCUT2D eigenvalue weighted by atomic mass is 16.3. The third kappa shape index (κ3) is 2.77. The van der Waals surface area contributed by atoms with Crippen LogP contribution in [-0.4, -0.2) is 26.5 Å². The molecule has 0 bridgehead atoms. The van der Waals surface area contributed by atoms with E-state index in [1.165, 1.54) is 28.8 Å². The van der Waals surface area contributed by atoms with Gasteiger partial charge in [0.05, 0.1) is 16.6 Å². The van der Waals surface area contributed by atoms with Crippen molar-refractivity contribution in [3.63, 3.8) is 0 Å². The number of imide groups is 1. The predicted octanol–water partition coefficient (Wildman–Crippen LogP) is 2.31. The second-order valence-corrected chi connectivity index (χ2v) is 6.49. The van der Waals surface area contributed by atoms with Crippen molar-refractivity contribution in [2.75, 3.05) is 4.90 Å². The highest BCUT2D eigenvalue weighted by Crippen LogP contribution is 2.29. The fourth-order valence-corrected chi connectivity index (χ4v) is 3.50. The zero-order valence-electron chi connectivity index (χ0n) is 14.6. The van der Waals surface area contributed by atoms with Gasteiger partial charge in [-0.3, -0.25) is 19.0 Å². The minimum atomic E-state index is -0.805. The van der Waals surface area contributed by atoms with E-state index in [0.29, 0.717) is 22.4 Å².